The van der Waals surface area contributed by atoms with Crippen molar-refractivity contribution < 1.29 is 4.79 Å². The molecule has 0 aliphatic carbocycles. The highest BCUT2D eigenvalue weighted by atomic mass is 16.1. The Morgan fingerprint density at radius 1 is 1.14 bits per heavy atom. The maximum Gasteiger partial charge on any atom is 0.167 e. The minimum atomic E-state index is -0.0234. The molecule has 0 bridgehead atoms. The summed E-state index contributed by atoms with van der Waals surface area (Å²) in [6, 6.07) is 6.87. The molecule has 3 aliphatic heterocycles. The average Bonchev–Trinajstić information content (AvgIpc) is 3.17. The van der Waals surface area contributed by atoms with Gasteiger partial charge in [-0.3, -0.25) is 9.79 Å². The minimum absolute atomic E-state index is 0.0156. The topological polar surface area (TPSA) is 39.2 Å². The molecule has 1 aromatic rings. The molecule has 36 heavy (non-hydrogen) atoms. The number of fused-ring (bicyclic) bond motifs is 1. The molecule has 4 rings (SSSR count). The fourth-order valence-corrected chi connectivity index (χ4v) is 5.59. The molecule has 2 unspecified atom stereocenters. The zero-order chi connectivity index (χ0) is 26.0. The molecule has 0 spiro atoms. The monoisotopic (exact) mass is 488 g/mol. The van der Waals surface area contributed by atoms with Crippen molar-refractivity contribution in [1.82, 2.24) is 14.7 Å². The molecule has 1 aromatic carbocycles. The van der Waals surface area contributed by atoms with Gasteiger partial charge in [0.15, 0.2) is 5.78 Å². The van der Waals surface area contributed by atoms with Crippen molar-refractivity contribution in [3.63, 3.8) is 0 Å². The summed E-state index contributed by atoms with van der Waals surface area (Å²) < 4.78 is 0. The first kappa shape index (κ1) is 26.4. The first-order chi connectivity index (χ1) is 17.2. The summed E-state index contributed by atoms with van der Waals surface area (Å²) in [7, 11) is 2.05. The quantitative estimate of drug-likeness (QED) is 0.409. The van der Waals surface area contributed by atoms with Crippen LogP contribution in [0, 0.1) is 18.8 Å². The fourth-order valence-electron chi connectivity index (χ4n) is 5.59. The summed E-state index contributed by atoms with van der Waals surface area (Å²) in [5, 5.41) is 0. The number of allylic oxidation sites excluding steroid dienone is 2. The number of nitrogens with zero attached hydrogens (tertiary/aromatic N) is 4. The van der Waals surface area contributed by atoms with Gasteiger partial charge in [-0.1, -0.05) is 45.9 Å². The van der Waals surface area contributed by atoms with Gasteiger partial charge in [-0.05, 0) is 80.8 Å². The third-order valence-electron chi connectivity index (χ3n) is 7.98. The largest absolute Gasteiger partial charge is 0.348 e. The van der Waals surface area contributed by atoms with Crippen LogP contribution in [0.3, 0.4) is 0 Å². The minimum Gasteiger partial charge on any atom is -0.348 e. The van der Waals surface area contributed by atoms with Crippen LogP contribution >= 0.6 is 0 Å². The van der Waals surface area contributed by atoms with Crippen LogP contribution in [0.2, 0.25) is 0 Å². The van der Waals surface area contributed by atoms with E-state index in [9.17, 15) is 4.79 Å². The van der Waals surface area contributed by atoms with Gasteiger partial charge in [-0.15, -0.1) is 0 Å². The number of likely N-dealkylation sites (N-methyl/N-ethyl adjacent to an activating group) is 1. The normalized spacial score (nSPS) is 22.1. The van der Waals surface area contributed by atoms with Gasteiger partial charge in [0, 0.05) is 43.7 Å². The van der Waals surface area contributed by atoms with E-state index >= 15 is 0 Å². The molecule has 0 saturated carbocycles. The standard InChI is InChI=1S/C31H44N4O/c1-8-22(4)31(36)28(29-20-35-19-24(6)32-17-30(35)33(29)7)16-26-9-10-27(15-23(26)5)25-11-13-34(14-12-25)18-21(2)3/h9-10,15-17,19-22,25,30H,8,11-14,18H2,1-7H3/b28-16-. The lowest BCUT2D eigenvalue weighted by Gasteiger charge is -2.33. The highest BCUT2D eigenvalue weighted by molar-refractivity contribution is 6.05. The van der Waals surface area contributed by atoms with E-state index in [1.54, 1.807) is 0 Å². The second-order valence-electron chi connectivity index (χ2n) is 11.4. The Hall–Kier alpha value is -2.66. The molecular formula is C31H44N4O. The summed E-state index contributed by atoms with van der Waals surface area (Å²) in [6.45, 7) is 16.5. The number of likely N-dealkylation sites (tertiary alicyclic amines) is 1. The van der Waals surface area contributed by atoms with Crippen LogP contribution in [0.1, 0.15) is 76.5 Å². The summed E-state index contributed by atoms with van der Waals surface area (Å²) in [6.07, 6.45) is 11.5. The highest BCUT2D eigenvalue weighted by Gasteiger charge is 2.33. The second kappa shape index (κ2) is 11.2. The van der Waals surface area contributed by atoms with Gasteiger partial charge < -0.3 is 14.7 Å². The molecule has 0 aromatic heterocycles. The lowest BCUT2D eigenvalue weighted by Crippen LogP contribution is -2.38. The van der Waals surface area contributed by atoms with Gasteiger partial charge in [0.05, 0.1) is 11.4 Å². The van der Waals surface area contributed by atoms with E-state index < -0.39 is 0 Å². The second-order valence-corrected chi connectivity index (χ2v) is 11.4. The average molecular weight is 489 g/mol. The van der Waals surface area contributed by atoms with Crippen molar-refractivity contribution in [3.8, 4) is 0 Å². The van der Waals surface area contributed by atoms with E-state index in [2.05, 4.69) is 84.9 Å². The van der Waals surface area contributed by atoms with Crippen molar-refractivity contribution in [2.24, 2.45) is 16.8 Å². The lowest BCUT2D eigenvalue weighted by atomic mass is 9.86. The molecule has 1 fully saturated rings. The number of Topliss-reactive ketones (excluding diaryl/α,β-unsaturated/α-hetero) is 1. The Kier molecular flexibility index (Phi) is 8.19. The first-order valence-electron chi connectivity index (χ1n) is 13.7. The van der Waals surface area contributed by atoms with Crippen LogP contribution in [0.25, 0.3) is 6.08 Å². The zero-order valence-electron chi connectivity index (χ0n) is 23.3. The molecular weight excluding hydrogens is 444 g/mol. The van der Waals surface area contributed by atoms with Gasteiger partial charge in [0.25, 0.3) is 0 Å². The number of hydrogen-bond donors (Lipinski definition) is 0. The summed E-state index contributed by atoms with van der Waals surface area (Å²) in [5.41, 5.74) is 6.53. The predicted octanol–water partition coefficient (Wildman–Crippen LogP) is 6.19. The Morgan fingerprint density at radius 2 is 1.86 bits per heavy atom. The smallest absolute Gasteiger partial charge is 0.167 e. The van der Waals surface area contributed by atoms with Crippen molar-refractivity contribution in [2.45, 2.75) is 72.9 Å². The van der Waals surface area contributed by atoms with Crippen LogP contribution in [0.4, 0.5) is 0 Å². The van der Waals surface area contributed by atoms with Gasteiger partial charge >= 0.3 is 0 Å². The Labute approximate surface area is 218 Å². The molecule has 3 aliphatic rings. The molecule has 0 radical (unpaired) electrons. The van der Waals surface area contributed by atoms with Gasteiger partial charge in [-0.25, -0.2) is 0 Å². The highest BCUT2D eigenvalue weighted by Crippen LogP contribution is 2.34. The Morgan fingerprint density at radius 3 is 2.50 bits per heavy atom. The fraction of sp³-hybridized carbons (Fsp3) is 0.548. The zero-order valence-corrected chi connectivity index (χ0v) is 23.3. The number of rotatable bonds is 8. The van der Waals surface area contributed by atoms with Crippen LogP contribution < -0.4 is 0 Å². The van der Waals surface area contributed by atoms with Crippen molar-refractivity contribution in [3.05, 3.63) is 64.3 Å². The van der Waals surface area contributed by atoms with E-state index in [-0.39, 0.29) is 17.9 Å². The molecule has 5 heteroatoms. The predicted molar refractivity (Wildman–Crippen MR) is 151 cm³/mol. The number of carbonyl (C=O) groups is 1. The van der Waals surface area contributed by atoms with E-state index in [1.807, 2.05) is 26.3 Å². The van der Waals surface area contributed by atoms with Gasteiger partial charge in [0.1, 0.15) is 6.17 Å². The molecule has 194 valence electrons. The van der Waals surface area contributed by atoms with Crippen molar-refractivity contribution in [2.75, 3.05) is 26.7 Å². The van der Waals surface area contributed by atoms with E-state index in [1.165, 1.54) is 43.6 Å². The lowest BCUT2D eigenvalue weighted by molar-refractivity contribution is -0.118. The third kappa shape index (κ3) is 5.67. The molecule has 0 N–H and O–H groups in total. The maximum absolute atomic E-state index is 13.6. The van der Waals surface area contributed by atoms with E-state index in [4.69, 9.17) is 0 Å². The first-order valence-corrected chi connectivity index (χ1v) is 13.7. The number of benzene rings is 1. The van der Waals surface area contributed by atoms with Crippen LogP contribution in [-0.4, -0.2) is 59.5 Å². The number of aliphatic imine (C=N–C) groups is 1. The molecule has 2 atom stereocenters. The van der Waals surface area contributed by atoms with Crippen molar-refractivity contribution >= 4 is 18.1 Å². The number of ketones is 1. The maximum atomic E-state index is 13.6. The van der Waals surface area contributed by atoms with Crippen molar-refractivity contribution in [1.29, 1.82) is 0 Å². The summed E-state index contributed by atoms with van der Waals surface area (Å²) in [5.74, 6) is 1.53. The van der Waals surface area contributed by atoms with Gasteiger partial charge in [0.2, 0.25) is 0 Å². The molecule has 0 amide bonds. The Balaban J connectivity index is 1.60. The third-order valence-corrected chi connectivity index (χ3v) is 7.98. The Bertz CT molecular complexity index is 1090. The summed E-state index contributed by atoms with van der Waals surface area (Å²) in [4.78, 5) is 25.0. The van der Waals surface area contributed by atoms with E-state index in [0.29, 0.717) is 5.92 Å². The summed E-state index contributed by atoms with van der Waals surface area (Å²) >= 11 is 0. The van der Waals surface area contributed by atoms with E-state index in [0.717, 1.165) is 34.9 Å². The van der Waals surface area contributed by atoms with Crippen LogP contribution in [0.5, 0.6) is 0 Å². The number of hydrogen-bond acceptors (Lipinski definition) is 5. The molecule has 5 nitrogen and oxygen atoms in total. The van der Waals surface area contributed by atoms with Crippen LogP contribution in [0.15, 0.2) is 52.6 Å². The van der Waals surface area contributed by atoms with Gasteiger partial charge in [-0.2, -0.15) is 0 Å². The number of aryl methyl sites for hydroxylation is 1. The number of carbonyl (C=O) groups excluding carboxylic acids is 1. The van der Waals surface area contributed by atoms with Crippen LogP contribution in [-0.2, 0) is 4.79 Å². The number of piperidine rings is 1. The molecule has 1 saturated heterocycles. The SMILES string of the molecule is CCC(C)C(=O)/C(=C\c1ccc(C2CCN(CC(C)C)CC2)cc1C)C1=CN2C=C(C)N=CC2N1C. The molecule has 3 heterocycles.